The van der Waals surface area contributed by atoms with E-state index in [1.165, 1.54) is 37.5 Å². The second-order valence-electron chi connectivity index (χ2n) is 5.42. The highest BCUT2D eigenvalue weighted by Gasteiger charge is 2.34. The van der Waals surface area contributed by atoms with Gasteiger partial charge in [0.05, 0.1) is 11.3 Å². The zero-order valence-electron chi connectivity index (χ0n) is 10.9. The molecule has 1 atom stereocenters. The Balaban J connectivity index is 1.79. The SMILES string of the molecule is CC(=O)c1c(C)nsc1NC1CN2CCC1CC2. The Hall–Kier alpha value is -0.940. The third kappa shape index (κ3) is 2.06. The van der Waals surface area contributed by atoms with Gasteiger partial charge in [-0.15, -0.1) is 0 Å². The fourth-order valence-corrected chi connectivity index (χ4v) is 4.09. The van der Waals surface area contributed by atoms with Crippen LogP contribution in [0.4, 0.5) is 5.00 Å². The van der Waals surface area contributed by atoms with Crippen LogP contribution in [-0.2, 0) is 0 Å². The van der Waals surface area contributed by atoms with Gasteiger partial charge in [0, 0.05) is 12.6 Å². The van der Waals surface area contributed by atoms with E-state index in [2.05, 4.69) is 14.6 Å². The smallest absolute Gasteiger partial charge is 0.164 e. The molecular weight excluding hydrogens is 246 g/mol. The lowest BCUT2D eigenvalue weighted by Crippen LogP contribution is -2.53. The third-order valence-corrected chi connectivity index (χ3v) is 5.06. The number of nitrogens with one attached hydrogen (secondary N) is 1. The molecule has 2 bridgehead atoms. The summed E-state index contributed by atoms with van der Waals surface area (Å²) in [7, 11) is 0. The van der Waals surface area contributed by atoms with Crippen molar-refractivity contribution in [1.29, 1.82) is 0 Å². The van der Waals surface area contributed by atoms with Crippen LogP contribution < -0.4 is 5.32 Å². The van der Waals surface area contributed by atoms with E-state index in [4.69, 9.17) is 0 Å². The second-order valence-corrected chi connectivity index (χ2v) is 6.19. The minimum absolute atomic E-state index is 0.116. The molecule has 1 aromatic rings. The topological polar surface area (TPSA) is 45.2 Å². The van der Waals surface area contributed by atoms with Gasteiger partial charge in [-0.2, -0.15) is 4.37 Å². The van der Waals surface area contributed by atoms with E-state index in [0.29, 0.717) is 6.04 Å². The number of piperidine rings is 3. The molecule has 0 spiro atoms. The zero-order chi connectivity index (χ0) is 12.7. The highest BCUT2D eigenvalue weighted by atomic mass is 32.1. The molecule has 98 valence electrons. The number of ketones is 1. The van der Waals surface area contributed by atoms with E-state index < -0.39 is 0 Å². The predicted molar refractivity (Wildman–Crippen MR) is 73.4 cm³/mol. The molecule has 5 heteroatoms. The number of aromatic nitrogens is 1. The average Bonchev–Trinajstić information content (AvgIpc) is 2.72. The molecule has 3 aliphatic heterocycles. The molecule has 0 saturated carbocycles. The van der Waals surface area contributed by atoms with Crippen molar-refractivity contribution in [3.8, 4) is 0 Å². The van der Waals surface area contributed by atoms with Crippen molar-refractivity contribution < 1.29 is 4.79 Å². The summed E-state index contributed by atoms with van der Waals surface area (Å²) < 4.78 is 4.31. The summed E-state index contributed by atoms with van der Waals surface area (Å²) in [5.41, 5.74) is 1.65. The number of fused-ring (bicyclic) bond motifs is 3. The summed E-state index contributed by atoms with van der Waals surface area (Å²) in [6.07, 6.45) is 2.57. The highest BCUT2D eigenvalue weighted by Crippen LogP contribution is 2.32. The van der Waals surface area contributed by atoms with Crippen LogP contribution in [0, 0.1) is 12.8 Å². The van der Waals surface area contributed by atoms with Crippen LogP contribution in [0.25, 0.3) is 0 Å². The largest absolute Gasteiger partial charge is 0.371 e. The number of Topliss-reactive ketones (excluding diaryl/α,β-unsaturated/α-hetero) is 1. The van der Waals surface area contributed by atoms with Gasteiger partial charge in [-0.25, -0.2) is 0 Å². The van der Waals surface area contributed by atoms with Crippen LogP contribution in [0.15, 0.2) is 0 Å². The van der Waals surface area contributed by atoms with Crippen molar-refractivity contribution in [2.75, 3.05) is 25.0 Å². The zero-order valence-corrected chi connectivity index (χ0v) is 11.7. The van der Waals surface area contributed by atoms with Gasteiger partial charge in [0.15, 0.2) is 5.78 Å². The molecule has 4 nitrogen and oxygen atoms in total. The van der Waals surface area contributed by atoms with Gasteiger partial charge >= 0.3 is 0 Å². The second kappa shape index (κ2) is 4.63. The van der Waals surface area contributed by atoms with Gasteiger partial charge < -0.3 is 10.2 Å². The van der Waals surface area contributed by atoms with Crippen LogP contribution in [0.3, 0.4) is 0 Å². The third-order valence-electron chi connectivity index (χ3n) is 4.19. The normalized spacial score (nSPS) is 30.4. The van der Waals surface area contributed by atoms with Crippen LogP contribution in [-0.4, -0.2) is 40.7 Å². The van der Waals surface area contributed by atoms with E-state index in [0.717, 1.165) is 28.7 Å². The number of anilines is 1. The Morgan fingerprint density at radius 2 is 2.17 bits per heavy atom. The number of aryl methyl sites for hydroxylation is 1. The molecular formula is C13H19N3OS. The standard InChI is InChI=1S/C13H19N3OS/c1-8-12(9(2)17)13(18-15-8)14-11-7-16-5-3-10(11)4-6-16/h10-11,14H,3-7H2,1-2H3. The quantitative estimate of drug-likeness (QED) is 0.851. The lowest BCUT2D eigenvalue weighted by molar-refractivity contribution is 0.0972. The van der Waals surface area contributed by atoms with Gasteiger partial charge in [0.1, 0.15) is 5.00 Å². The lowest BCUT2D eigenvalue weighted by Gasteiger charge is -2.45. The predicted octanol–water partition coefficient (Wildman–Crippen LogP) is 2.16. The van der Waals surface area contributed by atoms with Gasteiger partial charge in [0.2, 0.25) is 0 Å². The maximum Gasteiger partial charge on any atom is 0.164 e. The molecule has 1 aromatic heterocycles. The monoisotopic (exact) mass is 265 g/mol. The maximum absolute atomic E-state index is 11.7. The summed E-state index contributed by atoms with van der Waals surface area (Å²) in [4.78, 5) is 14.2. The first-order chi connectivity index (χ1) is 8.65. The summed E-state index contributed by atoms with van der Waals surface area (Å²) in [6.45, 7) is 7.13. The van der Waals surface area contributed by atoms with Gasteiger partial charge in [-0.3, -0.25) is 4.79 Å². The Kier molecular flexibility index (Phi) is 3.11. The molecule has 3 aliphatic rings. The lowest BCUT2D eigenvalue weighted by atomic mass is 9.84. The molecule has 0 aromatic carbocycles. The molecule has 4 heterocycles. The number of hydrogen-bond acceptors (Lipinski definition) is 5. The fraction of sp³-hybridized carbons (Fsp3) is 0.692. The van der Waals surface area contributed by atoms with Crippen LogP contribution in [0.2, 0.25) is 0 Å². The molecule has 3 saturated heterocycles. The summed E-state index contributed by atoms with van der Waals surface area (Å²) in [6, 6.07) is 0.491. The number of carbonyl (C=O) groups is 1. The van der Waals surface area contributed by atoms with Crippen LogP contribution in [0.1, 0.15) is 35.8 Å². The van der Waals surface area contributed by atoms with Crippen molar-refractivity contribution in [3.63, 3.8) is 0 Å². The fourth-order valence-electron chi connectivity index (χ4n) is 3.18. The van der Waals surface area contributed by atoms with Crippen molar-refractivity contribution >= 4 is 22.3 Å². The number of rotatable bonds is 3. The first-order valence-corrected chi connectivity index (χ1v) is 7.38. The Bertz CT molecular complexity index is 463. The van der Waals surface area contributed by atoms with E-state index in [1.807, 2.05) is 6.92 Å². The molecule has 4 rings (SSSR count). The Labute approximate surface area is 112 Å². The van der Waals surface area contributed by atoms with E-state index in [9.17, 15) is 4.79 Å². The van der Waals surface area contributed by atoms with E-state index in [-0.39, 0.29) is 5.78 Å². The molecule has 18 heavy (non-hydrogen) atoms. The molecule has 0 amide bonds. The molecule has 1 N–H and O–H groups in total. The molecule has 0 aliphatic carbocycles. The Morgan fingerprint density at radius 3 is 2.72 bits per heavy atom. The summed E-state index contributed by atoms with van der Waals surface area (Å²) in [5, 5.41) is 4.55. The van der Waals surface area contributed by atoms with E-state index in [1.54, 1.807) is 6.92 Å². The van der Waals surface area contributed by atoms with Crippen LogP contribution in [0.5, 0.6) is 0 Å². The van der Waals surface area contributed by atoms with Crippen molar-refractivity contribution in [2.45, 2.75) is 32.7 Å². The van der Waals surface area contributed by atoms with Crippen LogP contribution >= 0.6 is 11.5 Å². The number of hydrogen-bond donors (Lipinski definition) is 1. The minimum atomic E-state index is 0.116. The summed E-state index contributed by atoms with van der Waals surface area (Å²) >= 11 is 1.43. The first-order valence-electron chi connectivity index (χ1n) is 6.61. The molecule has 1 unspecified atom stereocenters. The van der Waals surface area contributed by atoms with Crippen molar-refractivity contribution in [1.82, 2.24) is 9.27 Å². The molecule has 3 fully saturated rings. The first kappa shape index (κ1) is 12.1. The van der Waals surface area contributed by atoms with Gasteiger partial charge in [0.25, 0.3) is 0 Å². The average molecular weight is 265 g/mol. The number of nitrogens with zero attached hydrogens (tertiary/aromatic N) is 2. The van der Waals surface area contributed by atoms with E-state index >= 15 is 0 Å². The highest BCUT2D eigenvalue weighted by molar-refractivity contribution is 7.10. The van der Waals surface area contributed by atoms with Gasteiger partial charge in [-0.1, -0.05) is 0 Å². The molecule has 0 radical (unpaired) electrons. The maximum atomic E-state index is 11.7. The minimum Gasteiger partial charge on any atom is -0.371 e. The van der Waals surface area contributed by atoms with Crippen molar-refractivity contribution in [3.05, 3.63) is 11.3 Å². The Morgan fingerprint density at radius 1 is 1.44 bits per heavy atom. The summed E-state index contributed by atoms with van der Waals surface area (Å²) in [5.74, 6) is 0.877. The number of carbonyl (C=O) groups excluding carboxylic acids is 1. The van der Waals surface area contributed by atoms with Crippen molar-refractivity contribution in [2.24, 2.45) is 5.92 Å². The van der Waals surface area contributed by atoms with Gasteiger partial charge in [-0.05, 0) is 57.2 Å².